The Morgan fingerprint density at radius 2 is 1.95 bits per heavy atom. The van der Waals surface area contributed by atoms with E-state index < -0.39 is 23.9 Å². The Labute approximate surface area is 130 Å². The largest absolute Gasteiger partial charge is 0.444 e. The van der Waals surface area contributed by atoms with Crippen molar-refractivity contribution in [2.45, 2.75) is 52.1 Å². The minimum Gasteiger partial charge on any atom is -0.444 e. The molecule has 0 aromatic heterocycles. The van der Waals surface area contributed by atoms with Crippen molar-refractivity contribution in [2.24, 2.45) is 0 Å². The number of ether oxygens (including phenoxy) is 1. The lowest BCUT2D eigenvalue weighted by molar-refractivity contribution is 0.0126. The van der Waals surface area contributed by atoms with Crippen molar-refractivity contribution in [1.82, 2.24) is 5.32 Å². The molecule has 124 valence electrons. The molecule has 1 aromatic rings. The van der Waals surface area contributed by atoms with E-state index in [1.54, 1.807) is 45.9 Å². The first-order chi connectivity index (χ1) is 10.2. The number of aliphatic hydroxyl groups is 3. The van der Waals surface area contributed by atoms with Crippen LogP contribution in [0.5, 0.6) is 0 Å². The van der Waals surface area contributed by atoms with Crippen LogP contribution < -0.4 is 5.32 Å². The molecule has 2 atom stereocenters. The Balaban J connectivity index is 2.66. The monoisotopic (exact) mass is 311 g/mol. The summed E-state index contributed by atoms with van der Waals surface area (Å²) in [6, 6.07) is 5.12. The van der Waals surface area contributed by atoms with Crippen LogP contribution in [0.4, 0.5) is 4.79 Å². The van der Waals surface area contributed by atoms with Gasteiger partial charge in [-0.3, -0.25) is 0 Å². The molecule has 1 amide bonds. The first-order valence-electron chi connectivity index (χ1n) is 7.18. The fourth-order valence-corrected chi connectivity index (χ4v) is 2.02. The predicted octanol–water partition coefficient (Wildman–Crippen LogP) is 1.41. The zero-order chi connectivity index (χ0) is 16.9. The highest BCUT2D eigenvalue weighted by Crippen LogP contribution is 2.23. The number of nitrogens with one attached hydrogen (secondary N) is 1. The highest BCUT2D eigenvalue weighted by molar-refractivity contribution is 5.67. The molecule has 0 spiro atoms. The Kier molecular flexibility index (Phi) is 6.34. The molecule has 1 rings (SSSR count). The smallest absolute Gasteiger partial charge is 0.407 e. The molecule has 4 N–H and O–H groups in total. The molecular weight excluding hydrogens is 286 g/mol. The van der Waals surface area contributed by atoms with Crippen LogP contribution in [0.2, 0.25) is 0 Å². The lowest BCUT2D eigenvalue weighted by Crippen LogP contribution is -2.39. The van der Waals surface area contributed by atoms with Gasteiger partial charge in [0.2, 0.25) is 0 Å². The summed E-state index contributed by atoms with van der Waals surface area (Å²) in [7, 11) is 0. The van der Waals surface area contributed by atoms with Gasteiger partial charge in [0.05, 0.1) is 6.61 Å². The van der Waals surface area contributed by atoms with Crippen LogP contribution in [-0.2, 0) is 11.3 Å². The van der Waals surface area contributed by atoms with E-state index in [1.165, 1.54) is 0 Å². The molecule has 0 heterocycles. The summed E-state index contributed by atoms with van der Waals surface area (Å²) >= 11 is 0. The lowest BCUT2D eigenvalue weighted by atomic mass is 9.96. The molecule has 0 radical (unpaired) electrons. The first-order valence-corrected chi connectivity index (χ1v) is 7.18. The van der Waals surface area contributed by atoms with Gasteiger partial charge in [0, 0.05) is 6.54 Å². The summed E-state index contributed by atoms with van der Waals surface area (Å²) in [5, 5.41) is 31.9. The van der Waals surface area contributed by atoms with Crippen molar-refractivity contribution in [3.63, 3.8) is 0 Å². The van der Waals surface area contributed by atoms with Gasteiger partial charge in [-0.15, -0.1) is 0 Å². The minimum atomic E-state index is -1.18. The highest BCUT2D eigenvalue weighted by Gasteiger charge is 2.23. The highest BCUT2D eigenvalue weighted by atomic mass is 16.6. The number of amides is 1. The van der Waals surface area contributed by atoms with Crippen molar-refractivity contribution in [2.75, 3.05) is 6.54 Å². The minimum absolute atomic E-state index is 0.140. The maximum absolute atomic E-state index is 11.5. The van der Waals surface area contributed by atoms with Crippen LogP contribution in [0.1, 0.15) is 43.6 Å². The van der Waals surface area contributed by atoms with Crippen LogP contribution >= 0.6 is 0 Å². The normalized spacial score (nSPS) is 14.3. The zero-order valence-electron chi connectivity index (χ0n) is 13.5. The Bertz CT molecular complexity index is 510. The Morgan fingerprint density at radius 3 is 2.50 bits per heavy atom. The van der Waals surface area contributed by atoms with Crippen molar-refractivity contribution in [1.29, 1.82) is 0 Å². The van der Waals surface area contributed by atoms with E-state index in [9.17, 15) is 20.1 Å². The third-order valence-corrected chi connectivity index (χ3v) is 3.20. The Hall–Kier alpha value is -1.63. The molecule has 1 aromatic carbocycles. The summed E-state index contributed by atoms with van der Waals surface area (Å²) < 4.78 is 5.06. The van der Waals surface area contributed by atoms with Crippen LogP contribution in [0, 0.1) is 6.92 Å². The average Bonchev–Trinajstić information content (AvgIpc) is 2.42. The number of benzene rings is 1. The van der Waals surface area contributed by atoms with E-state index in [-0.39, 0.29) is 13.2 Å². The molecule has 22 heavy (non-hydrogen) atoms. The quantitative estimate of drug-likeness (QED) is 0.659. The summed E-state index contributed by atoms with van der Waals surface area (Å²) in [6.45, 7) is 6.69. The Morgan fingerprint density at radius 1 is 1.32 bits per heavy atom. The number of rotatable bonds is 5. The van der Waals surface area contributed by atoms with Gasteiger partial charge in [0.25, 0.3) is 0 Å². The molecule has 0 aliphatic rings. The summed E-state index contributed by atoms with van der Waals surface area (Å²) in [4.78, 5) is 11.5. The van der Waals surface area contributed by atoms with E-state index in [4.69, 9.17) is 4.74 Å². The fraction of sp³-hybridized carbons (Fsp3) is 0.562. The third kappa shape index (κ3) is 5.29. The molecule has 0 saturated carbocycles. The van der Waals surface area contributed by atoms with Crippen LogP contribution in [0.25, 0.3) is 0 Å². The van der Waals surface area contributed by atoms with Crippen molar-refractivity contribution in [3.8, 4) is 0 Å². The SMILES string of the molecule is Cc1c(CO)cccc1C(O)C(O)CNC(=O)OC(C)(C)C. The number of aliphatic hydroxyl groups excluding tert-OH is 3. The van der Waals surface area contributed by atoms with E-state index in [0.717, 1.165) is 0 Å². The number of carbonyl (C=O) groups excluding carboxylic acids is 1. The number of alkyl carbamates (subject to hydrolysis) is 1. The number of hydrogen-bond acceptors (Lipinski definition) is 5. The second-order valence-corrected chi connectivity index (χ2v) is 6.18. The first kappa shape index (κ1) is 18.4. The fourth-order valence-electron chi connectivity index (χ4n) is 2.02. The molecule has 0 bridgehead atoms. The zero-order valence-corrected chi connectivity index (χ0v) is 13.5. The van der Waals surface area contributed by atoms with Gasteiger partial charge in [-0.1, -0.05) is 18.2 Å². The van der Waals surface area contributed by atoms with E-state index in [1.807, 2.05) is 0 Å². The molecular formula is C16H25NO5. The average molecular weight is 311 g/mol. The summed E-state index contributed by atoms with van der Waals surface area (Å²) in [5.74, 6) is 0. The van der Waals surface area contributed by atoms with Crippen molar-refractivity contribution in [3.05, 3.63) is 34.9 Å². The molecule has 0 fully saturated rings. The van der Waals surface area contributed by atoms with Gasteiger partial charge in [-0.05, 0) is 44.4 Å². The molecule has 0 aliphatic heterocycles. The van der Waals surface area contributed by atoms with Crippen molar-refractivity contribution >= 4 is 6.09 Å². The van der Waals surface area contributed by atoms with E-state index in [0.29, 0.717) is 16.7 Å². The van der Waals surface area contributed by atoms with Crippen LogP contribution in [0.15, 0.2) is 18.2 Å². The second kappa shape index (κ2) is 7.58. The van der Waals surface area contributed by atoms with Gasteiger partial charge in [0.1, 0.15) is 17.8 Å². The molecule has 0 aliphatic carbocycles. The van der Waals surface area contributed by atoms with Gasteiger partial charge >= 0.3 is 6.09 Å². The van der Waals surface area contributed by atoms with Gasteiger partial charge in [0.15, 0.2) is 0 Å². The summed E-state index contributed by atoms with van der Waals surface area (Å²) in [5.41, 5.74) is 1.29. The molecule has 0 saturated heterocycles. The molecule has 6 heteroatoms. The van der Waals surface area contributed by atoms with Gasteiger partial charge < -0.3 is 25.4 Å². The number of hydrogen-bond donors (Lipinski definition) is 4. The maximum atomic E-state index is 11.5. The molecule has 6 nitrogen and oxygen atoms in total. The standard InChI is InChI=1S/C16H25NO5/c1-10-11(9-18)6-5-7-12(10)14(20)13(19)8-17-15(21)22-16(2,3)4/h5-7,13-14,18-20H,8-9H2,1-4H3,(H,17,21). The molecule has 2 unspecified atom stereocenters. The van der Waals surface area contributed by atoms with E-state index >= 15 is 0 Å². The van der Waals surface area contributed by atoms with Crippen LogP contribution in [0.3, 0.4) is 0 Å². The van der Waals surface area contributed by atoms with Gasteiger partial charge in [-0.25, -0.2) is 4.79 Å². The second-order valence-electron chi connectivity index (χ2n) is 6.18. The summed E-state index contributed by atoms with van der Waals surface area (Å²) in [6.07, 6.45) is -3.00. The van der Waals surface area contributed by atoms with Gasteiger partial charge in [-0.2, -0.15) is 0 Å². The van der Waals surface area contributed by atoms with E-state index in [2.05, 4.69) is 5.32 Å². The predicted molar refractivity (Wildman–Crippen MR) is 82.3 cm³/mol. The topological polar surface area (TPSA) is 99.0 Å². The number of carbonyl (C=O) groups is 1. The third-order valence-electron chi connectivity index (χ3n) is 3.20. The van der Waals surface area contributed by atoms with Crippen molar-refractivity contribution < 1.29 is 24.9 Å². The van der Waals surface area contributed by atoms with Crippen LogP contribution in [-0.4, -0.2) is 39.7 Å². The lowest BCUT2D eigenvalue weighted by Gasteiger charge is -2.23. The maximum Gasteiger partial charge on any atom is 0.407 e.